The molecule has 5 heteroatoms. The summed E-state index contributed by atoms with van der Waals surface area (Å²) in [4.78, 5) is 5.28. The third-order valence-corrected chi connectivity index (χ3v) is 4.83. The van der Waals surface area contributed by atoms with Crippen LogP contribution >= 0.6 is 39.3 Å². The van der Waals surface area contributed by atoms with Crippen molar-refractivity contribution in [3.05, 3.63) is 51.6 Å². The van der Waals surface area contributed by atoms with Gasteiger partial charge < -0.3 is 5.73 Å². The number of hydrogen-bond donors (Lipinski definition) is 1. The predicted molar refractivity (Wildman–Crippen MR) is 80.1 cm³/mol. The lowest BCUT2D eigenvalue weighted by Crippen LogP contribution is -2.04. The normalized spacial score (nSPS) is 12.4. The maximum absolute atomic E-state index is 6.26. The molecule has 0 aliphatic carbocycles. The third-order valence-electron chi connectivity index (χ3n) is 2.41. The average molecular weight is 344 g/mol. The average Bonchev–Trinajstić information content (AvgIpc) is 2.34. The maximum atomic E-state index is 6.26. The van der Waals surface area contributed by atoms with Crippen molar-refractivity contribution in [2.75, 3.05) is 0 Å². The van der Waals surface area contributed by atoms with Crippen molar-refractivity contribution in [3.63, 3.8) is 0 Å². The van der Waals surface area contributed by atoms with Crippen LogP contribution in [0.2, 0.25) is 5.02 Å². The van der Waals surface area contributed by atoms with Crippen molar-refractivity contribution in [1.82, 2.24) is 4.98 Å². The molecule has 94 valence electrons. The monoisotopic (exact) mass is 342 g/mol. The van der Waals surface area contributed by atoms with Crippen LogP contribution in [0.15, 0.2) is 50.9 Å². The predicted octanol–water partition coefficient (Wildman–Crippen LogP) is 4.67. The lowest BCUT2D eigenvalue weighted by molar-refractivity contribution is 0.817. The van der Waals surface area contributed by atoms with Crippen LogP contribution in [0, 0.1) is 0 Å². The molecule has 18 heavy (non-hydrogen) atoms. The van der Waals surface area contributed by atoms with Gasteiger partial charge in [0.05, 0.1) is 9.50 Å². The minimum atomic E-state index is -0.0110. The fraction of sp³-hybridized carbons (Fsp3) is 0.154. The minimum absolute atomic E-state index is 0.0110. The molecule has 0 saturated heterocycles. The molecule has 0 spiro atoms. The van der Waals surface area contributed by atoms with Gasteiger partial charge in [-0.15, -0.1) is 0 Å². The summed E-state index contributed by atoms with van der Waals surface area (Å²) in [6, 6.07) is 9.71. The first kappa shape index (κ1) is 13.9. The summed E-state index contributed by atoms with van der Waals surface area (Å²) >= 11 is 11.3. The molecule has 0 amide bonds. The number of halogens is 2. The van der Waals surface area contributed by atoms with Gasteiger partial charge in [0, 0.05) is 17.1 Å². The number of aromatic nitrogens is 1. The molecule has 1 aromatic heterocycles. The summed E-state index contributed by atoms with van der Waals surface area (Å²) in [6.45, 7) is 1.94. The first-order valence-corrected chi connectivity index (χ1v) is 7.40. The molecule has 1 aromatic carbocycles. The van der Waals surface area contributed by atoms with E-state index >= 15 is 0 Å². The quantitative estimate of drug-likeness (QED) is 0.880. The van der Waals surface area contributed by atoms with E-state index in [2.05, 4.69) is 20.9 Å². The number of nitrogens with zero attached hydrogens (tertiary/aromatic N) is 1. The molecule has 0 bridgehead atoms. The third kappa shape index (κ3) is 3.26. The summed E-state index contributed by atoms with van der Waals surface area (Å²) < 4.78 is 0.960. The molecule has 2 aromatic rings. The molecule has 1 atom stereocenters. The fourth-order valence-electron chi connectivity index (χ4n) is 1.43. The zero-order valence-corrected chi connectivity index (χ0v) is 12.9. The van der Waals surface area contributed by atoms with Crippen molar-refractivity contribution in [2.45, 2.75) is 22.9 Å². The smallest absolute Gasteiger partial charge is 0.115 e. The van der Waals surface area contributed by atoms with Gasteiger partial charge in [0.2, 0.25) is 0 Å². The van der Waals surface area contributed by atoms with Gasteiger partial charge in [-0.25, -0.2) is 4.98 Å². The molecule has 1 heterocycles. The number of nitrogens with two attached hydrogens (primary N) is 1. The summed E-state index contributed by atoms with van der Waals surface area (Å²) in [5, 5.41) is 1.60. The van der Waals surface area contributed by atoms with E-state index in [9.17, 15) is 0 Å². The SMILES string of the molecule is CC(N)c1ccc(Sc2ncccc2Br)c(Cl)c1. The Bertz CT molecular complexity index is 560. The van der Waals surface area contributed by atoms with Crippen LogP contribution in [0.5, 0.6) is 0 Å². The van der Waals surface area contributed by atoms with Gasteiger partial charge in [0.15, 0.2) is 0 Å². The zero-order chi connectivity index (χ0) is 13.1. The van der Waals surface area contributed by atoms with Crippen LogP contribution in [-0.2, 0) is 0 Å². The fourth-order valence-corrected chi connectivity index (χ4v) is 3.02. The van der Waals surface area contributed by atoms with Gasteiger partial charge in [0.25, 0.3) is 0 Å². The van der Waals surface area contributed by atoms with E-state index in [0.29, 0.717) is 5.02 Å². The van der Waals surface area contributed by atoms with E-state index in [1.54, 1.807) is 6.20 Å². The van der Waals surface area contributed by atoms with E-state index in [1.807, 2.05) is 37.3 Å². The summed E-state index contributed by atoms with van der Waals surface area (Å²) in [6.07, 6.45) is 1.76. The molecule has 0 radical (unpaired) electrons. The second-order valence-corrected chi connectivity index (χ2v) is 6.16. The topological polar surface area (TPSA) is 38.9 Å². The molecule has 1 unspecified atom stereocenters. The zero-order valence-electron chi connectivity index (χ0n) is 9.73. The summed E-state index contributed by atoms with van der Waals surface area (Å²) in [7, 11) is 0. The Morgan fingerprint density at radius 1 is 1.39 bits per heavy atom. The largest absolute Gasteiger partial charge is 0.324 e. The standard InChI is InChI=1S/C13H12BrClN2S/c1-8(16)9-4-5-12(11(15)7-9)18-13-10(14)3-2-6-17-13/h2-8H,16H2,1H3. The Kier molecular flexibility index (Phi) is 4.67. The van der Waals surface area contributed by atoms with Crippen molar-refractivity contribution < 1.29 is 0 Å². The van der Waals surface area contributed by atoms with E-state index in [4.69, 9.17) is 17.3 Å². The highest BCUT2D eigenvalue weighted by Gasteiger charge is 2.09. The lowest BCUT2D eigenvalue weighted by atomic mass is 10.1. The second kappa shape index (κ2) is 6.06. The van der Waals surface area contributed by atoms with Gasteiger partial charge >= 0.3 is 0 Å². The van der Waals surface area contributed by atoms with E-state index in [0.717, 1.165) is 20.0 Å². The molecule has 0 aliphatic rings. The molecule has 0 fully saturated rings. The Morgan fingerprint density at radius 2 is 2.17 bits per heavy atom. The molecule has 2 nitrogen and oxygen atoms in total. The summed E-state index contributed by atoms with van der Waals surface area (Å²) in [5.74, 6) is 0. The van der Waals surface area contributed by atoms with Gasteiger partial charge in [-0.1, -0.05) is 29.4 Å². The first-order valence-electron chi connectivity index (χ1n) is 5.41. The number of pyridine rings is 1. The van der Waals surface area contributed by atoms with Crippen LogP contribution in [0.4, 0.5) is 0 Å². The van der Waals surface area contributed by atoms with Crippen LogP contribution < -0.4 is 5.73 Å². The molecular weight excluding hydrogens is 332 g/mol. The Hall–Kier alpha value is -0.550. The van der Waals surface area contributed by atoms with E-state index < -0.39 is 0 Å². The molecule has 2 rings (SSSR count). The van der Waals surface area contributed by atoms with Gasteiger partial charge in [-0.3, -0.25) is 0 Å². The van der Waals surface area contributed by atoms with E-state index in [1.165, 1.54) is 11.8 Å². The highest BCUT2D eigenvalue weighted by molar-refractivity contribution is 9.10. The van der Waals surface area contributed by atoms with Gasteiger partial charge in [0.1, 0.15) is 5.03 Å². The number of hydrogen-bond acceptors (Lipinski definition) is 3. The van der Waals surface area contributed by atoms with Crippen LogP contribution in [0.1, 0.15) is 18.5 Å². The second-order valence-electron chi connectivity index (χ2n) is 3.87. The highest BCUT2D eigenvalue weighted by Crippen LogP contribution is 2.36. The molecule has 0 saturated carbocycles. The van der Waals surface area contributed by atoms with Crippen molar-refractivity contribution >= 4 is 39.3 Å². The van der Waals surface area contributed by atoms with Gasteiger partial charge in [-0.05, 0) is 52.7 Å². The Balaban J connectivity index is 2.28. The van der Waals surface area contributed by atoms with Crippen molar-refractivity contribution in [1.29, 1.82) is 0 Å². The minimum Gasteiger partial charge on any atom is -0.324 e. The molecule has 2 N–H and O–H groups in total. The van der Waals surface area contributed by atoms with Crippen LogP contribution in [0.25, 0.3) is 0 Å². The first-order chi connectivity index (χ1) is 8.58. The Labute approximate surface area is 124 Å². The summed E-state index contributed by atoms with van der Waals surface area (Å²) in [5.41, 5.74) is 6.86. The maximum Gasteiger partial charge on any atom is 0.115 e. The van der Waals surface area contributed by atoms with E-state index in [-0.39, 0.29) is 6.04 Å². The molecular formula is C13H12BrClN2S. The number of rotatable bonds is 3. The molecule has 0 aliphatic heterocycles. The Morgan fingerprint density at radius 3 is 2.78 bits per heavy atom. The van der Waals surface area contributed by atoms with Crippen molar-refractivity contribution in [3.8, 4) is 0 Å². The lowest BCUT2D eigenvalue weighted by Gasteiger charge is -2.09. The van der Waals surface area contributed by atoms with Crippen LogP contribution in [0.3, 0.4) is 0 Å². The number of benzene rings is 1. The van der Waals surface area contributed by atoms with Gasteiger partial charge in [-0.2, -0.15) is 0 Å². The van der Waals surface area contributed by atoms with Crippen LogP contribution in [-0.4, -0.2) is 4.98 Å². The highest BCUT2D eigenvalue weighted by atomic mass is 79.9. The van der Waals surface area contributed by atoms with Crippen molar-refractivity contribution in [2.24, 2.45) is 5.73 Å².